The number of nitrogens with one attached hydrogen (secondary N) is 2. The van der Waals surface area contributed by atoms with E-state index in [1.165, 1.54) is 0 Å². The third-order valence-corrected chi connectivity index (χ3v) is 3.63. The van der Waals surface area contributed by atoms with E-state index in [1.807, 2.05) is 32.9 Å². The van der Waals surface area contributed by atoms with Gasteiger partial charge in [-0.3, -0.25) is 9.78 Å². The van der Waals surface area contributed by atoms with Crippen LogP contribution in [0.3, 0.4) is 0 Å². The molecule has 2 N–H and O–H groups in total. The Morgan fingerprint density at radius 1 is 1.19 bits per heavy atom. The number of H-pyrrole nitrogens is 1. The second-order valence-corrected chi connectivity index (χ2v) is 6.94. The van der Waals surface area contributed by atoms with Crippen molar-refractivity contribution in [3.05, 3.63) is 30.4 Å². The molecule has 0 radical (unpaired) electrons. The van der Waals surface area contributed by atoms with Crippen molar-refractivity contribution in [3.8, 4) is 11.4 Å². The van der Waals surface area contributed by atoms with Gasteiger partial charge in [0, 0.05) is 18.0 Å². The van der Waals surface area contributed by atoms with Gasteiger partial charge in [0.1, 0.15) is 12.2 Å². The number of pyridine rings is 1. The van der Waals surface area contributed by atoms with Crippen LogP contribution in [0.5, 0.6) is 0 Å². The molecule has 0 saturated carbocycles. The number of carbonyl (C=O) groups excluding carboxylic acids is 1. The Hall–Kier alpha value is -2.32. The van der Waals surface area contributed by atoms with Crippen molar-refractivity contribution in [1.29, 1.82) is 0 Å². The van der Waals surface area contributed by atoms with Crippen LogP contribution in [0.25, 0.3) is 11.4 Å². The Balaban J connectivity index is 0.000000298. The molecule has 0 aromatic carbocycles. The minimum atomic E-state index is -0.318. The van der Waals surface area contributed by atoms with Gasteiger partial charge in [0.2, 0.25) is 0 Å². The predicted octanol–water partition coefficient (Wildman–Crippen LogP) is 2.09. The maximum atomic E-state index is 9.60. The van der Waals surface area contributed by atoms with Crippen molar-refractivity contribution < 1.29 is 14.3 Å². The maximum Gasteiger partial charge on any atom is 0.293 e. The highest BCUT2D eigenvalue weighted by atomic mass is 16.5. The maximum absolute atomic E-state index is 9.60. The average molecular weight is 361 g/mol. The van der Waals surface area contributed by atoms with E-state index in [0.29, 0.717) is 19.2 Å². The molecule has 1 aliphatic heterocycles. The molecule has 0 atom stereocenters. The molecule has 0 spiro atoms. The molecule has 1 fully saturated rings. The van der Waals surface area contributed by atoms with Crippen LogP contribution in [0.1, 0.15) is 39.4 Å². The second-order valence-electron chi connectivity index (χ2n) is 6.94. The smallest absolute Gasteiger partial charge is 0.293 e. The molecular weight excluding hydrogens is 334 g/mol. The summed E-state index contributed by atoms with van der Waals surface area (Å²) in [5.41, 5.74) is 0.664. The first kappa shape index (κ1) is 20.0. The van der Waals surface area contributed by atoms with Crippen molar-refractivity contribution in [2.24, 2.45) is 0 Å². The molecule has 2 aromatic rings. The molecule has 3 rings (SSSR count). The van der Waals surface area contributed by atoms with Gasteiger partial charge >= 0.3 is 0 Å². The van der Waals surface area contributed by atoms with Crippen LogP contribution in [0.15, 0.2) is 24.5 Å². The molecule has 2 aromatic heterocycles. The monoisotopic (exact) mass is 361 g/mol. The third-order valence-electron chi connectivity index (χ3n) is 3.63. The van der Waals surface area contributed by atoms with Gasteiger partial charge in [-0.15, -0.1) is 10.2 Å². The van der Waals surface area contributed by atoms with E-state index in [1.54, 1.807) is 12.4 Å². The SMILES string of the molecule is CC(C)(C)OC=O.c1cc(-c2nnc(COC3CCNCC3)[nH]2)ccn1. The van der Waals surface area contributed by atoms with Crippen molar-refractivity contribution in [2.75, 3.05) is 13.1 Å². The molecule has 1 saturated heterocycles. The molecule has 1 aliphatic rings. The van der Waals surface area contributed by atoms with Crippen molar-refractivity contribution in [2.45, 2.75) is 51.9 Å². The summed E-state index contributed by atoms with van der Waals surface area (Å²) in [4.78, 5) is 16.8. The lowest BCUT2D eigenvalue weighted by Gasteiger charge is -2.22. The van der Waals surface area contributed by atoms with E-state index in [4.69, 9.17) is 4.74 Å². The van der Waals surface area contributed by atoms with E-state index in [2.05, 4.69) is 30.2 Å². The first-order valence-electron chi connectivity index (χ1n) is 8.73. The van der Waals surface area contributed by atoms with Gasteiger partial charge in [-0.05, 0) is 58.8 Å². The van der Waals surface area contributed by atoms with Crippen LogP contribution in [0, 0.1) is 0 Å². The van der Waals surface area contributed by atoms with E-state index in [0.717, 1.165) is 43.1 Å². The summed E-state index contributed by atoms with van der Waals surface area (Å²) in [6.07, 6.45) is 5.93. The molecule has 3 heterocycles. The van der Waals surface area contributed by atoms with Crippen molar-refractivity contribution >= 4 is 6.47 Å². The number of piperidine rings is 1. The molecule has 0 amide bonds. The average Bonchev–Trinajstić information content (AvgIpc) is 3.10. The molecule has 0 aliphatic carbocycles. The fourth-order valence-electron chi connectivity index (χ4n) is 2.30. The van der Waals surface area contributed by atoms with E-state index in [-0.39, 0.29) is 5.60 Å². The number of ether oxygens (including phenoxy) is 2. The number of hydrogen-bond donors (Lipinski definition) is 2. The summed E-state index contributed by atoms with van der Waals surface area (Å²) in [5.74, 6) is 1.52. The quantitative estimate of drug-likeness (QED) is 0.786. The van der Waals surface area contributed by atoms with Gasteiger partial charge in [-0.1, -0.05) is 0 Å². The fourth-order valence-corrected chi connectivity index (χ4v) is 2.30. The summed E-state index contributed by atoms with van der Waals surface area (Å²) in [7, 11) is 0. The lowest BCUT2D eigenvalue weighted by atomic mass is 10.1. The van der Waals surface area contributed by atoms with Crippen LogP contribution < -0.4 is 5.32 Å². The van der Waals surface area contributed by atoms with Gasteiger partial charge in [0.15, 0.2) is 11.6 Å². The van der Waals surface area contributed by atoms with Crippen LogP contribution in [0.4, 0.5) is 0 Å². The summed E-state index contributed by atoms with van der Waals surface area (Å²) in [6, 6.07) is 3.80. The minimum Gasteiger partial charge on any atom is -0.462 e. The zero-order chi connectivity index (χ0) is 18.8. The highest BCUT2D eigenvalue weighted by Crippen LogP contribution is 2.14. The van der Waals surface area contributed by atoms with Crippen LogP contribution >= 0.6 is 0 Å². The zero-order valence-electron chi connectivity index (χ0n) is 15.6. The third kappa shape index (κ3) is 7.28. The summed E-state index contributed by atoms with van der Waals surface area (Å²) >= 11 is 0. The zero-order valence-corrected chi connectivity index (χ0v) is 15.6. The van der Waals surface area contributed by atoms with Gasteiger partial charge in [0.25, 0.3) is 6.47 Å². The molecule has 142 valence electrons. The number of rotatable bonds is 5. The van der Waals surface area contributed by atoms with E-state index < -0.39 is 0 Å². The predicted molar refractivity (Wildman–Crippen MR) is 97.2 cm³/mol. The molecule has 0 bridgehead atoms. The topological polar surface area (TPSA) is 102 Å². The number of hydrogen-bond acceptors (Lipinski definition) is 7. The number of aromatic amines is 1. The lowest BCUT2D eigenvalue weighted by Crippen LogP contribution is -2.32. The Morgan fingerprint density at radius 2 is 1.88 bits per heavy atom. The molecule has 26 heavy (non-hydrogen) atoms. The van der Waals surface area contributed by atoms with Gasteiger partial charge < -0.3 is 19.8 Å². The Kier molecular flexibility index (Phi) is 7.68. The van der Waals surface area contributed by atoms with Gasteiger partial charge in [0.05, 0.1) is 6.10 Å². The Morgan fingerprint density at radius 3 is 2.46 bits per heavy atom. The van der Waals surface area contributed by atoms with Gasteiger partial charge in [-0.2, -0.15) is 0 Å². The highest BCUT2D eigenvalue weighted by Gasteiger charge is 2.14. The van der Waals surface area contributed by atoms with Gasteiger partial charge in [-0.25, -0.2) is 0 Å². The molecule has 0 unspecified atom stereocenters. The number of carbonyl (C=O) groups is 1. The van der Waals surface area contributed by atoms with E-state index >= 15 is 0 Å². The number of aromatic nitrogens is 4. The van der Waals surface area contributed by atoms with Crippen LogP contribution in [-0.4, -0.2) is 51.4 Å². The standard InChI is InChI=1S/C13H17N5O.C5H10O2/c1-5-14-6-2-10(1)13-16-12(17-18-13)9-19-11-3-7-15-8-4-11;1-5(2,3)7-4-6/h1-2,5-6,11,15H,3-4,7-9H2,(H,16,17,18);4H,1-3H3. The molecular formula is C18H27N5O3. The second kappa shape index (κ2) is 9.98. The molecule has 8 nitrogen and oxygen atoms in total. The summed E-state index contributed by atoms with van der Waals surface area (Å²) in [6.45, 7) is 8.47. The highest BCUT2D eigenvalue weighted by molar-refractivity contribution is 5.52. The largest absolute Gasteiger partial charge is 0.462 e. The Bertz CT molecular complexity index is 648. The fraction of sp³-hybridized carbons (Fsp3) is 0.556. The lowest BCUT2D eigenvalue weighted by molar-refractivity contribution is -0.138. The Labute approximate surface area is 153 Å². The van der Waals surface area contributed by atoms with Crippen molar-refractivity contribution in [3.63, 3.8) is 0 Å². The van der Waals surface area contributed by atoms with Crippen LogP contribution in [0.2, 0.25) is 0 Å². The first-order chi connectivity index (χ1) is 12.5. The number of nitrogens with zero attached hydrogens (tertiary/aromatic N) is 3. The minimum absolute atomic E-state index is 0.318. The summed E-state index contributed by atoms with van der Waals surface area (Å²) < 4.78 is 10.4. The van der Waals surface area contributed by atoms with Crippen molar-refractivity contribution in [1.82, 2.24) is 25.5 Å². The first-order valence-corrected chi connectivity index (χ1v) is 8.73. The summed E-state index contributed by atoms with van der Waals surface area (Å²) in [5, 5.41) is 11.6. The van der Waals surface area contributed by atoms with Crippen LogP contribution in [-0.2, 0) is 20.9 Å². The normalized spacial score (nSPS) is 15.0. The van der Waals surface area contributed by atoms with E-state index in [9.17, 15) is 4.79 Å². The molecule has 8 heteroatoms.